The van der Waals surface area contributed by atoms with Gasteiger partial charge in [-0.15, -0.1) is 0 Å². The Kier molecular flexibility index (Phi) is 1.39. The summed E-state index contributed by atoms with van der Waals surface area (Å²) in [6, 6.07) is 7.91. The lowest BCUT2D eigenvalue weighted by atomic mass is 10.00. The summed E-state index contributed by atoms with van der Waals surface area (Å²) in [6.07, 6.45) is 4.41. The third-order valence-electron chi connectivity index (χ3n) is 2.60. The molecule has 1 aliphatic carbocycles. The lowest BCUT2D eigenvalue weighted by molar-refractivity contribution is 0.0996. The molecule has 0 spiro atoms. The number of fused-ring (bicyclic) bond motifs is 3. The molecule has 14 heavy (non-hydrogen) atoms. The summed E-state index contributed by atoms with van der Waals surface area (Å²) in [4.78, 5) is 14.9. The van der Waals surface area contributed by atoms with E-state index in [-0.39, 0.29) is 5.78 Å². The molecular weight excluding hydrogens is 174 g/mol. The van der Waals surface area contributed by atoms with Gasteiger partial charge in [0.2, 0.25) is 0 Å². The highest BCUT2D eigenvalue weighted by Gasteiger charge is 2.18. The number of allylic oxidation sites excluding steroid dienone is 1. The smallest absolute Gasteiger partial charge is 0.169 e. The third kappa shape index (κ3) is 0.880. The maximum atomic E-state index is 11.7. The number of hydrogen-bond donors (Lipinski definition) is 1. The van der Waals surface area contributed by atoms with Crippen LogP contribution in [0.5, 0.6) is 0 Å². The molecule has 0 unspecified atom stereocenters. The van der Waals surface area contributed by atoms with Gasteiger partial charge in [-0.25, -0.2) is 0 Å². The third-order valence-corrected chi connectivity index (χ3v) is 2.60. The van der Waals surface area contributed by atoms with Crippen LogP contribution in [0, 0.1) is 0 Å². The Hall–Kier alpha value is -1.83. The molecule has 68 valence electrons. The molecule has 0 bridgehead atoms. The molecule has 1 N–H and O–H groups in total. The highest BCUT2D eigenvalue weighted by atomic mass is 16.1. The number of rotatable bonds is 0. The molecule has 2 aromatic rings. The van der Waals surface area contributed by atoms with Crippen LogP contribution in [-0.4, -0.2) is 10.8 Å². The SMILES string of the molecule is O=C1CC=Cc2[nH]c3ccccc3c21. The first-order valence-corrected chi connectivity index (χ1v) is 4.67. The van der Waals surface area contributed by atoms with Crippen LogP contribution >= 0.6 is 0 Å². The van der Waals surface area contributed by atoms with Crippen LogP contribution < -0.4 is 0 Å². The second kappa shape index (κ2) is 2.58. The zero-order valence-corrected chi connectivity index (χ0v) is 7.58. The Balaban J connectivity index is 2.46. The number of nitrogens with one attached hydrogen (secondary N) is 1. The van der Waals surface area contributed by atoms with Crippen molar-refractivity contribution in [1.82, 2.24) is 4.98 Å². The van der Waals surface area contributed by atoms with Crippen molar-refractivity contribution < 1.29 is 4.79 Å². The topological polar surface area (TPSA) is 32.9 Å². The summed E-state index contributed by atoms with van der Waals surface area (Å²) < 4.78 is 0. The van der Waals surface area contributed by atoms with Crippen molar-refractivity contribution in [3.05, 3.63) is 41.6 Å². The number of H-pyrrole nitrogens is 1. The zero-order valence-electron chi connectivity index (χ0n) is 7.58. The van der Waals surface area contributed by atoms with Gasteiger partial charge in [0.05, 0.1) is 5.56 Å². The van der Waals surface area contributed by atoms with Gasteiger partial charge in [0.1, 0.15) is 0 Å². The number of Topliss-reactive ketones (excluding diaryl/α,β-unsaturated/α-hetero) is 1. The van der Waals surface area contributed by atoms with Gasteiger partial charge in [-0.3, -0.25) is 4.79 Å². The maximum Gasteiger partial charge on any atom is 0.169 e. The normalized spacial score (nSPS) is 14.7. The van der Waals surface area contributed by atoms with Gasteiger partial charge in [-0.1, -0.05) is 24.3 Å². The summed E-state index contributed by atoms with van der Waals surface area (Å²) in [5.74, 6) is 0.208. The Bertz CT molecular complexity index is 548. The molecule has 3 rings (SSSR count). The number of aromatic amines is 1. The second-order valence-electron chi connectivity index (χ2n) is 3.49. The minimum absolute atomic E-state index is 0.208. The quantitative estimate of drug-likeness (QED) is 0.669. The van der Waals surface area contributed by atoms with E-state index in [1.165, 1.54) is 0 Å². The molecule has 2 heteroatoms. The van der Waals surface area contributed by atoms with Crippen LogP contribution in [0.25, 0.3) is 17.0 Å². The molecule has 1 aromatic heterocycles. The largest absolute Gasteiger partial charge is 0.354 e. The van der Waals surface area contributed by atoms with Gasteiger partial charge in [0.25, 0.3) is 0 Å². The van der Waals surface area contributed by atoms with Crippen molar-refractivity contribution in [2.45, 2.75) is 6.42 Å². The number of benzene rings is 1. The first kappa shape index (κ1) is 7.56. The Morgan fingerprint density at radius 1 is 1.21 bits per heavy atom. The summed E-state index contributed by atoms with van der Waals surface area (Å²) in [7, 11) is 0. The summed E-state index contributed by atoms with van der Waals surface area (Å²) in [5.41, 5.74) is 2.84. The lowest BCUT2D eigenvalue weighted by Gasteiger charge is -2.02. The minimum Gasteiger partial charge on any atom is -0.354 e. The number of carbonyl (C=O) groups is 1. The molecule has 0 aliphatic heterocycles. The fourth-order valence-corrected chi connectivity index (χ4v) is 1.97. The van der Waals surface area contributed by atoms with Crippen LogP contribution in [0.3, 0.4) is 0 Å². The zero-order chi connectivity index (χ0) is 9.54. The van der Waals surface area contributed by atoms with Crippen LogP contribution in [0.1, 0.15) is 22.5 Å². The van der Waals surface area contributed by atoms with Gasteiger partial charge in [0, 0.05) is 23.0 Å². The maximum absolute atomic E-state index is 11.7. The average Bonchev–Trinajstić information content (AvgIpc) is 2.57. The van der Waals surface area contributed by atoms with E-state index in [0.29, 0.717) is 6.42 Å². The fraction of sp³-hybridized carbons (Fsp3) is 0.0833. The molecular formula is C12H9NO. The predicted molar refractivity (Wildman–Crippen MR) is 56.3 cm³/mol. The van der Waals surface area contributed by atoms with Crippen LogP contribution in [-0.2, 0) is 0 Å². The van der Waals surface area contributed by atoms with Gasteiger partial charge in [-0.2, -0.15) is 0 Å². The molecule has 0 fully saturated rings. The van der Waals surface area contributed by atoms with Crippen LogP contribution in [0.15, 0.2) is 30.3 Å². The first-order valence-electron chi connectivity index (χ1n) is 4.67. The van der Waals surface area contributed by atoms with Crippen molar-refractivity contribution in [3.8, 4) is 0 Å². The molecule has 0 amide bonds. The van der Waals surface area contributed by atoms with E-state index in [4.69, 9.17) is 0 Å². The molecule has 1 aliphatic rings. The molecule has 1 aromatic carbocycles. The molecule has 0 radical (unpaired) electrons. The summed E-state index contributed by atoms with van der Waals surface area (Å²) >= 11 is 0. The van der Waals surface area contributed by atoms with Crippen molar-refractivity contribution >= 4 is 22.8 Å². The highest BCUT2D eigenvalue weighted by molar-refractivity contribution is 6.12. The predicted octanol–water partition coefficient (Wildman–Crippen LogP) is 2.77. The monoisotopic (exact) mass is 183 g/mol. The summed E-state index contributed by atoms with van der Waals surface area (Å²) in [6.45, 7) is 0. The fourth-order valence-electron chi connectivity index (χ4n) is 1.97. The highest BCUT2D eigenvalue weighted by Crippen LogP contribution is 2.27. The van der Waals surface area contributed by atoms with E-state index in [0.717, 1.165) is 22.2 Å². The number of para-hydroxylation sites is 1. The van der Waals surface area contributed by atoms with Crippen LogP contribution in [0.4, 0.5) is 0 Å². The Morgan fingerprint density at radius 2 is 2.07 bits per heavy atom. The second-order valence-corrected chi connectivity index (χ2v) is 3.49. The van der Waals surface area contributed by atoms with Gasteiger partial charge >= 0.3 is 0 Å². The molecule has 0 saturated carbocycles. The number of ketones is 1. The number of hydrogen-bond acceptors (Lipinski definition) is 1. The van der Waals surface area contributed by atoms with Gasteiger partial charge < -0.3 is 4.98 Å². The van der Waals surface area contributed by atoms with Crippen molar-refractivity contribution in [1.29, 1.82) is 0 Å². The standard InChI is InChI=1S/C12H9NO/c14-11-7-3-6-10-12(11)8-4-1-2-5-9(8)13-10/h1-6,13H,7H2. The minimum atomic E-state index is 0.208. The summed E-state index contributed by atoms with van der Waals surface area (Å²) in [5, 5.41) is 1.04. The van der Waals surface area contributed by atoms with Crippen molar-refractivity contribution in [2.75, 3.05) is 0 Å². The van der Waals surface area contributed by atoms with E-state index >= 15 is 0 Å². The molecule has 1 heterocycles. The first-order chi connectivity index (χ1) is 6.86. The van der Waals surface area contributed by atoms with E-state index in [1.54, 1.807) is 0 Å². The van der Waals surface area contributed by atoms with E-state index in [2.05, 4.69) is 4.98 Å². The average molecular weight is 183 g/mol. The molecule has 2 nitrogen and oxygen atoms in total. The molecule has 0 saturated heterocycles. The van der Waals surface area contributed by atoms with E-state index in [9.17, 15) is 4.79 Å². The van der Waals surface area contributed by atoms with Crippen molar-refractivity contribution in [3.63, 3.8) is 0 Å². The molecule has 0 atom stereocenters. The van der Waals surface area contributed by atoms with E-state index in [1.807, 2.05) is 36.4 Å². The van der Waals surface area contributed by atoms with Gasteiger partial charge in [-0.05, 0) is 12.1 Å². The van der Waals surface area contributed by atoms with E-state index < -0.39 is 0 Å². The van der Waals surface area contributed by atoms with Crippen molar-refractivity contribution in [2.24, 2.45) is 0 Å². The number of aromatic nitrogens is 1. The van der Waals surface area contributed by atoms with Gasteiger partial charge in [0.15, 0.2) is 5.78 Å². The number of carbonyl (C=O) groups excluding carboxylic acids is 1. The Labute approximate surface area is 81.2 Å². The Morgan fingerprint density at radius 3 is 3.00 bits per heavy atom. The lowest BCUT2D eigenvalue weighted by Crippen LogP contribution is -2.01. The van der Waals surface area contributed by atoms with Crippen LogP contribution in [0.2, 0.25) is 0 Å².